The Morgan fingerprint density at radius 3 is 2.85 bits per heavy atom. The molecule has 0 saturated heterocycles. The van der Waals surface area contributed by atoms with Gasteiger partial charge in [0.25, 0.3) is 0 Å². The Kier molecular flexibility index (Phi) is 4.43. The molecule has 0 N–H and O–H groups in total. The number of thiazole rings is 1. The van der Waals surface area contributed by atoms with Crippen LogP contribution in [0.1, 0.15) is 30.0 Å². The van der Waals surface area contributed by atoms with E-state index >= 15 is 0 Å². The van der Waals surface area contributed by atoms with Crippen LogP contribution in [-0.4, -0.2) is 21.6 Å². The molecule has 0 radical (unpaired) electrons. The second-order valence-corrected chi connectivity index (χ2v) is 5.21. The number of nitrogens with zero attached hydrogens (tertiary/aromatic N) is 4. The smallest absolute Gasteiger partial charge is 0.316 e. The van der Waals surface area contributed by atoms with Crippen LogP contribution >= 0.6 is 11.3 Å². The minimum Gasteiger partial charge on any atom is -0.463 e. The van der Waals surface area contributed by atoms with E-state index in [2.05, 4.69) is 34.2 Å². The van der Waals surface area contributed by atoms with Gasteiger partial charge in [0.05, 0.1) is 23.7 Å². The largest absolute Gasteiger partial charge is 0.463 e. The number of aromatic nitrogens is 3. The molecule has 0 saturated carbocycles. The van der Waals surface area contributed by atoms with Crippen molar-refractivity contribution in [2.75, 3.05) is 6.61 Å². The lowest BCUT2D eigenvalue weighted by Crippen LogP contribution is -2.16. The molecule has 1 unspecified atom stereocenters. The highest BCUT2D eigenvalue weighted by Crippen LogP contribution is 2.22. The van der Waals surface area contributed by atoms with Crippen molar-refractivity contribution in [1.29, 1.82) is 5.26 Å². The lowest BCUT2D eigenvalue weighted by Gasteiger charge is -2.07. The van der Waals surface area contributed by atoms with Crippen LogP contribution in [0.5, 0.6) is 6.01 Å². The average molecular weight is 286 g/mol. The predicted molar refractivity (Wildman–Crippen MR) is 77.7 cm³/mol. The van der Waals surface area contributed by atoms with Crippen molar-refractivity contribution >= 4 is 24.5 Å². The first-order valence-electron chi connectivity index (χ1n) is 6.15. The van der Waals surface area contributed by atoms with E-state index in [0.717, 1.165) is 11.0 Å². The van der Waals surface area contributed by atoms with Gasteiger partial charge in [-0.05, 0) is 12.5 Å². The summed E-state index contributed by atoms with van der Waals surface area (Å²) in [4.78, 5) is 12.6. The minimum absolute atomic E-state index is 0.283. The van der Waals surface area contributed by atoms with Crippen LogP contribution in [0.25, 0.3) is 13.2 Å². The minimum atomic E-state index is -0.553. The van der Waals surface area contributed by atoms with Gasteiger partial charge in [0.15, 0.2) is 0 Å². The van der Waals surface area contributed by atoms with Crippen LogP contribution in [0.2, 0.25) is 0 Å². The second-order valence-electron chi connectivity index (χ2n) is 4.10. The molecule has 0 amide bonds. The fraction of sp³-hybridized carbons (Fsp3) is 0.286. The van der Waals surface area contributed by atoms with Gasteiger partial charge < -0.3 is 4.74 Å². The van der Waals surface area contributed by atoms with Gasteiger partial charge in [-0.15, -0.1) is 11.3 Å². The Morgan fingerprint density at radius 2 is 2.25 bits per heavy atom. The molecule has 0 aromatic carbocycles. The molecule has 0 aliphatic heterocycles. The van der Waals surface area contributed by atoms with Crippen molar-refractivity contribution in [3.8, 4) is 12.1 Å². The normalized spacial score (nSPS) is 11.8. The third-order valence-electron chi connectivity index (χ3n) is 2.56. The maximum Gasteiger partial charge on any atom is 0.316 e. The van der Waals surface area contributed by atoms with Gasteiger partial charge in [-0.2, -0.15) is 10.2 Å². The highest BCUT2D eigenvalue weighted by atomic mass is 32.1. The molecule has 0 aliphatic carbocycles. The molecule has 1 atom stereocenters. The van der Waals surface area contributed by atoms with E-state index in [1.54, 1.807) is 12.3 Å². The Labute approximate surface area is 120 Å². The Hall–Kier alpha value is -2.26. The van der Waals surface area contributed by atoms with Gasteiger partial charge >= 0.3 is 6.01 Å². The molecule has 5 nitrogen and oxygen atoms in total. The summed E-state index contributed by atoms with van der Waals surface area (Å²) in [7, 11) is 0. The summed E-state index contributed by atoms with van der Waals surface area (Å²) in [6, 6.07) is 4.18. The SMILES string of the molecule is C=c1nc(C(C#N)c2ccnc(OCCC)n2)sc1=C. The summed E-state index contributed by atoms with van der Waals surface area (Å²) >= 11 is 1.36. The van der Waals surface area contributed by atoms with Crippen molar-refractivity contribution in [3.05, 3.63) is 32.8 Å². The van der Waals surface area contributed by atoms with Gasteiger partial charge in [0.1, 0.15) is 10.9 Å². The molecule has 2 rings (SSSR count). The number of hydrogen-bond acceptors (Lipinski definition) is 6. The Bertz CT molecular complexity index is 707. The van der Waals surface area contributed by atoms with Crippen LogP contribution in [0.3, 0.4) is 0 Å². The fourth-order valence-electron chi connectivity index (χ4n) is 1.55. The zero-order valence-electron chi connectivity index (χ0n) is 11.2. The first-order valence-corrected chi connectivity index (χ1v) is 6.97. The van der Waals surface area contributed by atoms with Crippen LogP contribution in [0, 0.1) is 11.3 Å². The zero-order chi connectivity index (χ0) is 14.5. The molecular formula is C14H14N4OS. The van der Waals surface area contributed by atoms with E-state index in [1.807, 2.05) is 6.92 Å². The monoisotopic (exact) mass is 286 g/mol. The van der Waals surface area contributed by atoms with Gasteiger partial charge in [-0.25, -0.2) is 9.97 Å². The molecule has 0 bridgehead atoms. The Balaban J connectivity index is 2.35. The standard InChI is InChI=1S/C14H14N4OS/c1-4-7-19-14-16-6-5-12(18-14)11(8-15)13-17-9(2)10(3)20-13/h5-6,11H,2-4,7H2,1H3. The summed E-state index contributed by atoms with van der Waals surface area (Å²) < 4.78 is 6.14. The van der Waals surface area contributed by atoms with E-state index in [4.69, 9.17) is 4.74 Å². The first-order chi connectivity index (χ1) is 9.65. The number of nitriles is 1. The van der Waals surface area contributed by atoms with E-state index < -0.39 is 5.92 Å². The van der Waals surface area contributed by atoms with E-state index in [9.17, 15) is 5.26 Å². The first kappa shape index (κ1) is 14.2. The maximum atomic E-state index is 9.37. The van der Waals surface area contributed by atoms with E-state index in [-0.39, 0.29) is 6.01 Å². The van der Waals surface area contributed by atoms with Crippen molar-refractivity contribution in [1.82, 2.24) is 15.0 Å². The van der Waals surface area contributed by atoms with Crippen LogP contribution in [-0.2, 0) is 0 Å². The molecule has 0 spiro atoms. The van der Waals surface area contributed by atoms with E-state index in [0.29, 0.717) is 22.7 Å². The molecule has 0 aliphatic rings. The fourth-order valence-corrected chi connectivity index (χ4v) is 2.42. The number of rotatable bonds is 5. The van der Waals surface area contributed by atoms with Gasteiger partial charge in [0, 0.05) is 10.7 Å². The summed E-state index contributed by atoms with van der Waals surface area (Å²) in [5.74, 6) is -0.553. The van der Waals surface area contributed by atoms with Crippen molar-refractivity contribution in [2.45, 2.75) is 19.3 Å². The maximum absolute atomic E-state index is 9.37. The summed E-state index contributed by atoms with van der Waals surface area (Å²) in [6.45, 7) is 10.2. The Morgan fingerprint density at radius 1 is 1.45 bits per heavy atom. The third kappa shape index (κ3) is 3.00. The summed E-state index contributed by atoms with van der Waals surface area (Å²) in [6.07, 6.45) is 2.46. The summed E-state index contributed by atoms with van der Waals surface area (Å²) in [5.41, 5.74) is 0.572. The van der Waals surface area contributed by atoms with Crippen molar-refractivity contribution in [3.63, 3.8) is 0 Å². The van der Waals surface area contributed by atoms with Crippen LogP contribution in [0.15, 0.2) is 12.3 Å². The summed E-state index contributed by atoms with van der Waals surface area (Å²) in [5, 5.41) is 10.6. The molecule has 20 heavy (non-hydrogen) atoms. The molecule has 2 aromatic rings. The lowest BCUT2D eigenvalue weighted by molar-refractivity contribution is 0.291. The van der Waals surface area contributed by atoms with Gasteiger partial charge in [0.2, 0.25) is 0 Å². The quantitative estimate of drug-likeness (QED) is 0.826. The molecule has 6 heteroatoms. The van der Waals surface area contributed by atoms with Gasteiger partial charge in [-0.1, -0.05) is 20.1 Å². The number of hydrogen-bond donors (Lipinski definition) is 0. The number of ether oxygens (including phenoxy) is 1. The highest BCUT2D eigenvalue weighted by molar-refractivity contribution is 7.09. The topological polar surface area (TPSA) is 71.7 Å². The predicted octanol–water partition coefficient (Wildman–Crippen LogP) is 1.20. The van der Waals surface area contributed by atoms with Gasteiger partial charge in [-0.3, -0.25) is 0 Å². The molecule has 0 fully saturated rings. The second kappa shape index (κ2) is 6.26. The third-order valence-corrected chi connectivity index (χ3v) is 3.58. The molecule has 2 aromatic heterocycles. The van der Waals surface area contributed by atoms with Crippen LogP contribution in [0.4, 0.5) is 0 Å². The highest BCUT2D eigenvalue weighted by Gasteiger charge is 2.19. The van der Waals surface area contributed by atoms with Crippen LogP contribution < -0.4 is 14.6 Å². The van der Waals surface area contributed by atoms with Crippen molar-refractivity contribution in [2.24, 2.45) is 0 Å². The van der Waals surface area contributed by atoms with Crippen molar-refractivity contribution < 1.29 is 4.74 Å². The van der Waals surface area contributed by atoms with E-state index in [1.165, 1.54) is 11.3 Å². The lowest BCUT2D eigenvalue weighted by atomic mass is 10.1. The average Bonchev–Trinajstić information content (AvgIpc) is 2.77. The molecule has 2 heterocycles. The molecule has 102 valence electrons. The zero-order valence-corrected chi connectivity index (χ0v) is 12.0. The molecular weight excluding hydrogens is 272 g/mol.